The molecule has 2 aromatic carbocycles. The van der Waals surface area contributed by atoms with Crippen molar-refractivity contribution in [1.82, 2.24) is 10.2 Å². The first-order chi connectivity index (χ1) is 10.6. The van der Waals surface area contributed by atoms with E-state index in [0.29, 0.717) is 15.7 Å². The van der Waals surface area contributed by atoms with Crippen molar-refractivity contribution in [2.75, 3.05) is 5.32 Å². The van der Waals surface area contributed by atoms with Gasteiger partial charge in [-0.15, -0.1) is 10.2 Å². The minimum absolute atomic E-state index is 0.225. The molecule has 1 N–H and O–H groups in total. The molecule has 22 heavy (non-hydrogen) atoms. The Labute approximate surface area is 149 Å². The highest BCUT2D eigenvalue weighted by atomic mass is 127. The fourth-order valence-electron chi connectivity index (χ4n) is 1.81. The van der Waals surface area contributed by atoms with Gasteiger partial charge in [-0.05, 0) is 40.8 Å². The summed E-state index contributed by atoms with van der Waals surface area (Å²) in [5, 5.41) is 12.7. The summed E-state index contributed by atoms with van der Waals surface area (Å²) in [6.45, 7) is 0. The number of nitrogens with zero attached hydrogens (tertiary/aromatic N) is 2. The zero-order chi connectivity index (χ0) is 15.5. The molecule has 3 rings (SSSR count). The van der Waals surface area contributed by atoms with Gasteiger partial charge in [0, 0.05) is 14.2 Å². The zero-order valence-electron chi connectivity index (χ0n) is 11.1. The molecule has 110 valence electrons. The normalized spacial score (nSPS) is 10.5. The van der Waals surface area contributed by atoms with E-state index in [-0.39, 0.29) is 5.91 Å². The van der Waals surface area contributed by atoms with Gasteiger partial charge < -0.3 is 0 Å². The van der Waals surface area contributed by atoms with E-state index in [2.05, 4.69) is 38.1 Å². The summed E-state index contributed by atoms with van der Waals surface area (Å²) >= 11 is 9.31. The van der Waals surface area contributed by atoms with E-state index >= 15 is 0 Å². The van der Waals surface area contributed by atoms with Crippen molar-refractivity contribution in [2.24, 2.45) is 0 Å². The third kappa shape index (κ3) is 3.45. The number of nitrogens with one attached hydrogen (secondary N) is 1. The van der Waals surface area contributed by atoms with Crippen molar-refractivity contribution in [3.05, 3.63) is 62.7 Å². The third-order valence-electron chi connectivity index (χ3n) is 2.84. The van der Waals surface area contributed by atoms with Crippen LogP contribution >= 0.6 is 45.5 Å². The second-order valence-electron chi connectivity index (χ2n) is 4.36. The first-order valence-corrected chi connectivity index (χ1v) is 8.56. The number of hydrogen-bond donors (Lipinski definition) is 1. The molecule has 0 saturated heterocycles. The highest BCUT2D eigenvalue weighted by molar-refractivity contribution is 14.1. The van der Waals surface area contributed by atoms with Crippen LogP contribution in [0.15, 0.2) is 48.5 Å². The van der Waals surface area contributed by atoms with Crippen molar-refractivity contribution in [2.45, 2.75) is 0 Å². The summed E-state index contributed by atoms with van der Waals surface area (Å²) in [5.41, 5.74) is 1.53. The maximum atomic E-state index is 12.3. The lowest BCUT2D eigenvalue weighted by atomic mass is 10.2. The molecule has 0 aliphatic carbocycles. The standard InChI is InChI=1S/C15H9ClIN3OS/c16-10-6-7-11(12(17)8-10)13(21)18-15-20-19-14(22-15)9-4-2-1-3-5-9/h1-8H,(H,18,20,21). The molecule has 0 aliphatic heterocycles. The number of aromatic nitrogens is 2. The SMILES string of the molecule is O=C(Nc1nnc(-c2ccccc2)s1)c1ccc(Cl)cc1I. The Morgan fingerprint density at radius 1 is 1.14 bits per heavy atom. The average Bonchev–Trinajstić information content (AvgIpc) is 2.96. The number of rotatable bonds is 3. The summed E-state index contributed by atoms with van der Waals surface area (Å²) in [7, 11) is 0. The van der Waals surface area contributed by atoms with Gasteiger partial charge in [0.15, 0.2) is 0 Å². The highest BCUT2D eigenvalue weighted by Gasteiger charge is 2.13. The fourth-order valence-corrected chi connectivity index (χ4v) is 3.67. The smallest absolute Gasteiger partial charge is 0.258 e. The van der Waals surface area contributed by atoms with Crippen LogP contribution in [0.2, 0.25) is 5.02 Å². The topological polar surface area (TPSA) is 54.9 Å². The van der Waals surface area contributed by atoms with E-state index in [4.69, 9.17) is 11.6 Å². The fraction of sp³-hybridized carbons (Fsp3) is 0. The van der Waals surface area contributed by atoms with Crippen molar-refractivity contribution < 1.29 is 4.79 Å². The van der Waals surface area contributed by atoms with E-state index in [1.54, 1.807) is 18.2 Å². The molecular formula is C15H9ClIN3OS. The van der Waals surface area contributed by atoms with E-state index in [0.717, 1.165) is 14.1 Å². The maximum Gasteiger partial charge on any atom is 0.258 e. The van der Waals surface area contributed by atoms with Crippen LogP contribution in [0.25, 0.3) is 10.6 Å². The Morgan fingerprint density at radius 3 is 2.64 bits per heavy atom. The molecule has 0 saturated carbocycles. The van der Waals surface area contributed by atoms with E-state index in [1.807, 2.05) is 30.3 Å². The molecule has 3 aromatic rings. The van der Waals surface area contributed by atoms with Gasteiger partial charge >= 0.3 is 0 Å². The molecule has 1 heterocycles. The number of halogens is 2. The Kier molecular flexibility index (Phi) is 4.70. The van der Waals surface area contributed by atoms with Gasteiger partial charge in [-0.3, -0.25) is 10.1 Å². The van der Waals surface area contributed by atoms with Crippen LogP contribution in [0, 0.1) is 3.57 Å². The van der Waals surface area contributed by atoms with Crippen LogP contribution in [0.3, 0.4) is 0 Å². The van der Waals surface area contributed by atoms with Crippen LogP contribution in [0.1, 0.15) is 10.4 Å². The zero-order valence-corrected chi connectivity index (χ0v) is 14.8. The predicted molar refractivity (Wildman–Crippen MR) is 97.5 cm³/mol. The van der Waals surface area contributed by atoms with Crippen LogP contribution in [-0.2, 0) is 0 Å². The van der Waals surface area contributed by atoms with E-state index in [9.17, 15) is 4.79 Å². The van der Waals surface area contributed by atoms with Crippen molar-refractivity contribution in [1.29, 1.82) is 0 Å². The molecule has 1 aromatic heterocycles. The van der Waals surface area contributed by atoms with E-state index < -0.39 is 0 Å². The second kappa shape index (κ2) is 6.72. The lowest BCUT2D eigenvalue weighted by molar-refractivity contribution is 0.102. The molecule has 1 amide bonds. The Bertz CT molecular complexity index is 823. The van der Waals surface area contributed by atoms with Gasteiger partial charge in [0.2, 0.25) is 5.13 Å². The van der Waals surface area contributed by atoms with Gasteiger partial charge in [0.1, 0.15) is 5.01 Å². The molecule has 0 spiro atoms. The monoisotopic (exact) mass is 441 g/mol. The maximum absolute atomic E-state index is 12.3. The third-order valence-corrected chi connectivity index (χ3v) is 4.86. The summed E-state index contributed by atoms with van der Waals surface area (Å²) in [4.78, 5) is 12.3. The van der Waals surface area contributed by atoms with Gasteiger partial charge in [-0.1, -0.05) is 53.3 Å². The van der Waals surface area contributed by atoms with Crippen LogP contribution in [-0.4, -0.2) is 16.1 Å². The first-order valence-electron chi connectivity index (χ1n) is 6.29. The number of amides is 1. The number of carbonyl (C=O) groups excluding carboxylic acids is 1. The molecule has 0 aliphatic rings. The predicted octanol–water partition coefficient (Wildman–Crippen LogP) is 4.72. The summed E-state index contributed by atoms with van der Waals surface area (Å²) in [6.07, 6.45) is 0. The molecule has 0 atom stereocenters. The number of anilines is 1. The second-order valence-corrected chi connectivity index (χ2v) is 6.93. The minimum atomic E-state index is -0.225. The average molecular weight is 442 g/mol. The Morgan fingerprint density at radius 2 is 1.91 bits per heavy atom. The quantitative estimate of drug-likeness (QED) is 0.599. The molecule has 7 heteroatoms. The van der Waals surface area contributed by atoms with Crippen LogP contribution in [0.5, 0.6) is 0 Å². The van der Waals surface area contributed by atoms with Gasteiger partial charge in [-0.2, -0.15) is 0 Å². The minimum Gasteiger partial charge on any atom is -0.296 e. The Hall–Kier alpha value is -1.51. The summed E-state index contributed by atoms with van der Waals surface area (Å²) < 4.78 is 0.787. The lowest BCUT2D eigenvalue weighted by Gasteiger charge is -2.04. The lowest BCUT2D eigenvalue weighted by Crippen LogP contribution is -2.13. The van der Waals surface area contributed by atoms with Gasteiger partial charge in [0.05, 0.1) is 5.56 Å². The molecule has 0 bridgehead atoms. The molecule has 0 fully saturated rings. The van der Waals surface area contributed by atoms with Crippen LogP contribution < -0.4 is 5.32 Å². The number of hydrogen-bond acceptors (Lipinski definition) is 4. The molecule has 0 unspecified atom stereocenters. The van der Waals surface area contributed by atoms with Crippen molar-refractivity contribution in [3.63, 3.8) is 0 Å². The Balaban J connectivity index is 1.79. The molecular weight excluding hydrogens is 433 g/mol. The highest BCUT2D eigenvalue weighted by Crippen LogP contribution is 2.26. The van der Waals surface area contributed by atoms with Crippen molar-refractivity contribution in [3.8, 4) is 10.6 Å². The van der Waals surface area contributed by atoms with Crippen LogP contribution in [0.4, 0.5) is 5.13 Å². The largest absolute Gasteiger partial charge is 0.296 e. The first kappa shape index (κ1) is 15.4. The molecule has 4 nitrogen and oxygen atoms in total. The van der Waals surface area contributed by atoms with Gasteiger partial charge in [0.25, 0.3) is 5.91 Å². The summed E-state index contributed by atoms with van der Waals surface area (Å²) in [6, 6.07) is 14.8. The molecule has 0 radical (unpaired) electrons. The summed E-state index contributed by atoms with van der Waals surface area (Å²) in [5.74, 6) is -0.225. The van der Waals surface area contributed by atoms with Crippen molar-refractivity contribution >= 4 is 56.6 Å². The number of carbonyl (C=O) groups is 1. The number of benzene rings is 2. The van der Waals surface area contributed by atoms with Gasteiger partial charge in [-0.25, -0.2) is 0 Å². The van der Waals surface area contributed by atoms with E-state index in [1.165, 1.54) is 11.3 Å².